The molecule has 0 saturated carbocycles. The number of likely N-dealkylation sites (N-methyl/N-ethyl adjacent to an activating group) is 1. The maximum absolute atomic E-state index is 12.2. The van der Waals surface area contributed by atoms with Gasteiger partial charge in [-0.25, -0.2) is 0 Å². The Hall–Kier alpha value is -2.37. The molecule has 0 bridgehead atoms. The molecule has 0 aliphatic rings. The summed E-state index contributed by atoms with van der Waals surface area (Å²) in [6.07, 6.45) is 1.08. The van der Waals surface area contributed by atoms with Crippen molar-refractivity contribution in [2.45, 2.75) is 26.2 Å². The minimum Gasteiger partial charge on any atom is -0.325 e. The Labute approximate surface area is 165 Å². The van der Waals surface area contributed by atoms with Crippen LogP contribution in [0.1, 0.15) is 31.7 Å². The van der Waals surface area contributed by atoms with Gasteiger partial charge in [-0.1, -0.05) is 49.7 Å². The van der Waals surface area contributed by atoms with Crippen molar-refractivity contribution < 1.29 is 9.59 Å². The molecular formula is C21H26ClN3O2. The van der Waals surface area contributed by atoms with E-state index < -0.39 is 0 Å². The first-order valence-electron chi connectivity index (χ1n) is 9.01. The predicted molar refractivity (Wildman–Crippen MR) is 111 cm³/mol. The summed E-state index contributed by atoms with van der Waals surface area (Å²) in [5.74, 6) is 0.105. The number of amides is 2. The lowest BCUT2D eigenvalue weighted by molar-refractivity contribution is -0.119. The van der Waals surface area contributed by atoms with Gasteiger partial charge in [-0.05, 0) is 49.2 Å². The molecule has 0 heterocycles. The summed E-state index contributed by atoms with van der Waals surface area (Å²) in [4.78, 5) is 25.9. The van der Waals surface area contributed by atoms with E-state index in [9.17, 15) is 9.59 Å². The van der Waals surface area contributed by atoms with Gasteiger partial charge in [0.05, 0.1) is 23.8 Å². The van der Waals surface area contributed by atoms with Crippen molar-refractivity contribution in [3.8, 4) is 0 Å². The Balaban J connectivity index is 1.81. The van der Waals surface area contributed by atoms with Crippen LogP contribution in [0, 0.1) is 0 Å². The van der Waals surface area contributed by atoms with Gasteiger partial charge in [-0.2, -0.15) is 0 Å². The molecule has 1 atom stereocenters. The van der Waals surface area contributed by atoms with Gasteiger partial charge >= 0.3 is 0 Å². The fraction of sp³-hybridized carbons (Fsp3) is 0.333. The molecule has 27 heavy (non-hydrogen) atoms. The Morgan fingerprint density at radius 3 is 2.19 bits per heavy atom. The molecule has 6 heteroatoms. The van der Waals surface area contributed by atoms with Gasteiger partial charge in [0, 0.05) is 5.69 Å². The SMILES string of the molecule is CC[C@@H](C)c1ccc(NC(=O)CN(C)CC(=O)Nc2ccccc2Cl)cc1. The van der Waals surface area contributed by atoms with E-state index in [0.717, 1.165) is 12.1 Å². The molecule has 2 amide bonds. The number of hydrogen-bond donors (Lipinski definition) is 2. The normalized spacial score (nSPS) is 11.9. The minimum atomic E-state index is -0.226. The van der Waals surface area contributed by atoms with Crippen molar-refractivity contribution in [1.29, 1.82) is 0 Å². The zero-order chi connectivity index (χ0) is 19.8. The first kappa shape index (κ1) is 20.9. The Morgan fingerprint density at radius 2 is 1.59 bits per heavy atom. The van der Waals surface area contributed by atoms with Gasteiger partial charge in [0.1, 0.15) is 0 Å². The largest absolute Gasteiger partial charge is 0.325 e. The number of anilines is 2. The number of rotatable bonds is 8. The quantitative estimate of drug-likeness (QED) is 0.707. The number of benzene rings is 2. The minimum absolute atomic E-state index is 0.0889. The fourth-order valence-electron chi connectivity index (χ4n) is 2.63. The Kier molecular flexibility index (Phi) is 7.82. The molecule has 2 N–H and O–H groups in total. The number of halogens is 1. The number of hydrogen-bond acceptors (Lipinski definition) is 3. The number of nitrogens with zero attached hydrogens (tertiary/aromatic N) is 1. The van der Waals surface area contributed by atoms with Gasteiger partial charge in [-0.15, -0.1) is 0 Å². The smallest absolute Gasteiger partial charge is 0.238 e. The third-order valence-corrected chi connectivity index (χ3v) is 4.68. The second-order valence-electron chi connectivity index (χ2n) is 6.68. The van der Waals surface area contributed by atoms with Gasteiger partial charge in [0.2, 0.25) is 11.8 Å². The van der Waals surface area contributed by atoms with Crippen molar-refractivity contribution in [2.75, 3.05) is 30.8 Å². The van der Waals surface area contributed by atoms with Gasteiger partial charge in [-0.3, -0.25) is 14.5 Å². The molecule has 0 aliphatic heterocycles. The number of carbonyl (C=O) groups is 2. The Bertz CT molecular complexity index is 777. The highest BCUT2D eigenvalue weighted by Gasteiger charge is 2.12. The van der Waals surface area contributed by atoms with E-state index >= 15 is 0 Å². The van der Waals surface area contributed by atoms with Crippen molar-refractivity contribution >= 4 is 34.8 Å². The van der Waals surface area contributed by atoms with Crippen LogP contribution in [0.15, 0.2) is 48.5 Å². The molecule has 0 aromatic heterocycles. The molecule has 0 radical (unpaired) electrons. The average molecular weight is 388 g/mol. The second kappa shape index (κ2) is 10.1. The topological polar surface area (TPSA) is 61.4 Å². The number of carbonyl (C=O) groups excluding carboxylic acids is 2. The fourth-order valence-corrected chi connectivity index (χ4v) is 2.81. The highest BCUT2D eigenvalue weighted by molar-refractivity contribution is 6.33. The van der Waals surface area contributed by atoms with Crippen molar-refractivity contribution in [1.82, 2.24) is 4.90 Å². The number of nitrogens with one attached hydrogen (secondary N) is 2. The molecule has 2 aromatic rings. The van der Waals surface area contributed by atoms with E-state index in [-0.39, 0.29) is 24.9 Å². The van der Waals surface area contributed by atoms with Crippen LogP contribution in [0.2, 0.25) is 5.02 Å². The molecule has 0 unspecified atom stereocenters. The van der Waals surface area contributed by atoms with E-state index in [1.807, 2.05) is 24.3 Å². The summed E-state index contributed by atoms with van der Waals surface area (Å²) < 4.78 is 0. The zero-order valence-electron chi connectivity index (χ0n) is 16.0. The molecular weight excluding hydrogens is 362 g/mol. The third kappa shape index (κ3) is 6.70. The lowest BCUT2D eigenvalue weighted by Crippen LogP contribution is -2.36. The third-order valence-electron chi connectivity index (χ3n) is 4.35. The lowest BCUT2D eigenvalue weighted by atomic mass is 9.99. The van der Waals surface area contributed by atoms with Crippen molar-refractivity contribution in [3.63, 3.8) is 0 Å². The van der Waals surface area contributed by atoms with E-state index in [1.165, 1.54) is 5.56 Å². The van der Waals surface area contributed by atoms with Crippen LogP contribution >= 0.6 is 11.6 Å². The van der Waals surface area contributed by atoms with E-state index in [2.05, 4.69) is 24.5 Å². The van der Waals surface area contributed by atoms with Crippen LogP contribution < -0.4 is 10.6 Å². The molecule has 2 aromatic carbocycles. The standard InChI is InChI=1S/C21H26ClN3O2/c1-4-15(2)16-9-11-17(12-10-16)23-20(26)13-25(3)14-21(27)24-19-8-6-5-7-18(19)22/h5-12,15H,4,13-14H2,1-3H3,(H,23,26)(H,24,27)/t15-/m1/s1. The zero-order valence-corrected chi connectivity index (χ0v) is 16.7. The van der Waals surface area contributed by atoms with Crippen LogP contribution in [0.3, 0.4) is 0 Å². The molecule has 0 spiro atoms. The summed E-state index contributed by atoms with van der Waals surface area (Å²) in [5, 5.41) is 6.08. The predicted octanol–water partition coefficient (Wildman–Crippen LogP) is 4.36. The van der Waals surface area contributed by atoms with Crippen LogP contribution in [-0.2, 0) is 9.59 Å². The molecule has 0 aliphatic carbocycles. The molecule has 2 rings (SSSR count). The first-order valence-corrected chi connectivity index (χ1v) is 9.39. The molecule has 0 fully saturated rings. The number of para-hydroxylation sites is 1. The molecule has 0 saturated heterocycles. The van der Waals surface area contributed by atoms with E-state index in [0.29, 0.717) is 16.6 Å². The van der Waals surface area contributed by atoms with Crippen LogP contribution in [0.5, 0.6) is 0 Å². The monoisotopic (exact) mass is 387 g/mol. The summed E-state index contributed by atoms with van der Waals surface area (Å²) in [5.41, 5.74) is 2.56. The van der Waals surface area contributed by atoms with Crippen LogP contribution in [-0.4, -0.2) is 36.9 Å². The van der Waals surface area contributed by atoms with E-state index in [4.69, 9.17) is 11.6 Å². The summed E-state index contributed by atoms with van der Waals surface area (Å²) in [7, 11) is 1.72. The summed E-state index contributed by atoms with van der Waals surface area (Å²) >= 11 is 6.03. The molecule has 5 nitrogen and oxygen atoms in total. The summed E-state index contributed by atoms with van der Waals surface area (Å²) in [6, 6.07) is 14.9. The van der Waals surface area contributed by atoms with Gasteiger partial charge < -0.3 is 10.6 Å². The van der Waals surface area contributed by atoms with Crippen LogP contribution in [0.25, 0.3) is 0 Å². The first-order chi connectivity index (χ1) is 12.9. The van der Waals surface area contributed by atoms with Crippen LogP contribution in [0.4, 0.5) is 11.4 Å². The molecule has 144 valence electrons. The Morgan fingerprint density at radius 1 is 1.00 bits per heavy atom. The summed E-state index contributed by atoms with van der Waals surface area (Å²) in [6.45, 7) is 4.53. The second-order valence-corrected chi connectivity index (χ2v) is 7.09. The van der Waals surface area contributed by atoms with E-state index in [1.54, 1.807) is 36.2 Å². The highest BCUT2D eigenvalue weighted by Crippen LogP contribution is 2.21. The van der Waals surface area contributed by atoms with Gasteiger partial charge in [0.25, 0.3) is 0 Å². The average Bonchev–Trinajstić information content (AvgIpc) is 2.63. The van der Waals surface area contributed by atoms with Crippen molar-refractivity contribution in [3.05, 3.63) is 59.1 Å². The lowest BCUT2D eigenvalue weighted by Gasteiger charge is -2.16. The van der Waals surface area contributed by atoms with Gasteiger partial charge in [0.15, 0.2) is 0 Å². The highest BCUT2D eigenvalue weighted by atomic mass is 35.5. The maximum Gasteiger partial charge on any atom is 0.238 e. The maximum atomic E-state index is 12.2. The van der Waals surface area contributed by atoms with Crippen molar-refractivity contribution in [2.24, 2.45) is 0 Å².